The van der Waals surface area contributed by atoms with Gasteiger partial charge in [0.1, 0.15) is 0 Å². The van der Waals surface area contributed by atoms with Crippen LogP contribution in [0.2, 0.25) is 0 Å². The molecular formula is C20H33IN6. The van der Waals surface area contributed by atoms with E-state index in [2.05, 4.69) is 74.5 Å². The van der Waals surface area contributed by atoms with E-state index in [-0.39, 0.29) is 24.0 Å². The summed E-state index contributed by atoms with van der Waals surface area (Å²) in [6.45, 7) is 9.51. The van der Waals surface area contributed by atoms with Crippen LogP contribution in [0, 0.1) is 13.8 Å². The Morgan fingerprint density at radius 1 is 1.15 bits per heavy atom. The van der Waals surface area contributed by atoms with E-state index in [1.807, 2.05) is 21.0 Å². The Labute approximate surface area is 180 Å². The second-order valence-electron chi connectivity index (χ2n) is 6.69. The molecule has 0 saturated heterocycles. The number of aromatic nitrogens is 2. The Balaban J connectivity index is 0.00000364. The van der Waals surface area contributed by atoms with E-state index in [4.69, 9.17) is 0 Å². The minimum Gasteiger partial charge on any atom is -0.378 e. The Morgan fingerprint density at radius 3 is 2.41 bits per heavy atom. The Kier molecular flexibility index (Phi) is 10.2. The maximum Gasteiger partial charge on any atom is 0.191 e. The fourth-order valence-electron chi connectivity index (χ4n) is 2.75. The normalized spacial score (nSPS) is 11.1. The number of nitrogens with zero attached hydrogens (tertiary/aromatic N) is 4. The van der Waals surface area contributed by atoms with Gasteiger partial charge in [0.2, 0.25) is 0 Å². The van der Waals surface area contributed by atoms with Crippen molar-refractivity contribution in [2.24, 2.45) is 4.99 Å². The molecule has 2 N–H and O–H groups in total. The van der Waals surface area contributed by atoms with Crippen LogP contribution in [-0.2, 0) is 13.1 Å². The topological polar surface area (TPSA) is 57.5 Å². The highest BCUT2D eigenvalue weighted by Gasteiger charge is 2.02. The van der Waals surface area contributed by atoms with Crippen LogP contribution in [0.1, 0.15) is 30.3 Å². The summed E-state index contributed by atoms with van der Waals surface area (Å²) in [5, 5.41) is 11.2. The average molecular weight is 484 g/mol. The van der Waals surface area contributed by atoms with Gasteiger partial charge in [-0.2, -0.15) is 5.10 Å². The van der Waals surface area contributed by atoms with Crippen LogP contribution in [0.4, 0.5) is 5.69 Å². The molecule has 0 atom stereocenters. The first kappa shape index (κ1) is 23.3. The number of aliphatic imine (C=N–C) groups is 1. The molecule has 0 saturated carbocycles. The summed E-state index contributed by atoms with van der Waals surface area (Å²) in [4.78, 5) is 6.78. The zero-order valence-electron chi connectivity index (χ0n) is 17.1. The lowest BCUT2D eigenvalue weighted by Crippen LogP contribution is -2.38. The molecule has 1 aromatic carbocycles. The lowest BCUT2D eigenvalue weighted by atomic mass is 10.2. The second-order valence-corrected chi connectivity index (χ2v) is 6.69. The minimum absolute atomic E-state index is 0. The highest BCUT2D eigenvalue weighted by molar-refractivity contribution is 14.0. The van der Waals surface area contributed by atoms with Crippen molar-refractivity contribution in [1.29, 1.82) is 0 Å². The zero-order valence-corrected chi connectivity index (χ0v) is 19.4. The molecule has 1 heterocycles. The van der Waals surface area contributed by atoms with Gasteiger partial charge in [-0.05, 0) is 51.0 Å². The van der Waals surface area contributed by atoms with Gasteiger partial charge in [-0.25, -0.2) is 4.99 Å². The largest absolute Gasteiger partial charge is 0.378 e. The van der Waals surface area contributed by atoms with E-state index in [1.165, 1.54) is 16.9 Å². The van der Waals surface area contributed by atoms with Crippen molar-refractivity contribution in [3.05, 3.63) is 47.3 Å². The molecule has 2 aromatic rings. The van der Waals surface area contributed by atoms with E-state index in [0.717, 1.165) is 37.7 Å². The SMILES string of the molecule is CCNC(=NCc1ccc(N(C)C)cc1)NCCCn1nc(C)cc1C.I. The van der Waals surface area contributed by atoms with Gasteiger partial charge in [0.25, 0.3) is 0 Å². The third-order valence-electron chi connectivity index (χ3n) is 4.16. The van der Waals surface area contributed by atoms with Crippen molar-refractivity contribution in [2.45, 2.75) is 40.3 Å². The average Bonchev–Trinajstić information content (AvgIpc) is 2.94. The molecule has 0 aliphatic carbocycles. The maximum absolute atomic E-state index is 4.68. The van der Waals surface area contributed by atoms with Gasteiger partial charge in [-0.1, -0.05) is 12.1 Å². The molecule has 0 aliphatic rings. The van der Waals surface area contributed by atoms with Gasteiger partial charge in [0, 0.05) is 45.1 Å². The van der Waals surface area contributed by atoms with Crippen molar-refractivity contribution >= 4 is 35.6 Å². The first-order valence-corrected chi connectivity index (χ1v) is 9.29. The molecule has 1 aromatic heterocycles. The van der Waals surface area contributed by atoms with Crippen LogP contribution in [-0.4, -0.2) is 42.9 Å². The molecule has 6 nitrogen and oxygen atoms in total. The van der Waals surface area contributed by atoms with Crippen molar-refractivity contribution in [3.8, 4) is 0 Å². The molecule has 0 amide bonds. The van der Waals surface area contributed by atoms with Gasteiger partial charge < -0.3 is 15.5 Å². The molecule has 0 unspecified atom stereocenters. The molecule has 0 fully saturated rings. The van der Waals surface area contributed by atoms with Crippen LogP contribution in [0.5, 0.6) is 0 Å². The molecule has 27 heavy (non-hydrogen) atoms. The number of anilines is 1. The van der Waals surface area contributed by atoms with Crippen molar-refractivity contribution in [2.75, 3.05) is 32.1 Å². The standard InChI is InChI=1S/C20H32N6.HI/c1-6-21-20(22-12-7-13-26-17(3)14-16(2)24-26)23-15-18-8-10-19(11-9-18)25(4)5;/h8-11,14H,6-7,12-13,15H2,1-5H3,(H2,21,22,23);1H. The number of hydrogen-bond donors (Lipinski definition) is 2. The van der Waals surface area contributed by atoms with Gasteiger partial charge in [-0.3, -0.25) is 4.68 Å². The number of benzene rings is 1. The predicted octanol–water partition coefficient (Wildman–Crippen LogP) is 3.33. The van der Waals surface area contributed by atoms with E-state index in [9.17, 15) is 0 Å². The summed E-state index contributed by atoms with van der Waals surface area (Å²) in [5.74, 6) is 0.859. The highest BCUT2D eigenvalue weighted by atomic mass is 127. The molecule has 0 spiro atoms. The van der Waals surface area contributed by atoms with Crippen molar-refractivity contribution < 1.29 is 0 Å². The lowest BCUT2D eigenvalue weighted by Gasteiger charge is -2.13. The Hall–Kier alpha value is -1.77. The van der Waals surface area contributed by atoms with Crippen LogP contribution >= 0.6 is 24.0 Å². The summed E-state index contributed by atoms with van der Waals surface area (Å²) in [6.07, 6.45) is 1.00. The summed E-state index contributed by atoms with van der Waals surface area (Å²) in [6, 6.07) is 10.6. The van der Waals surface area contributed by atoms with E-state index >= 15 is 0 Å². The number of halogens is 1. The third kappa shape index (κ3) is 7.78. The fourth-order valence-corrected chi connectivity index (χ4v) is 2.75. The van der Waals surface area contributed by atoms with E-state index in [0.29, 0.717) is 6.54 Å². The first-order chi connectivity index (χ1) is 12.5. The minimum atomic E-state index is 0. The van der Waals surface area contributed by atoms with Crippen molar-refractivity contribution in [3.63, 3.8) is 0 Å². The Morgan fingerprint density at radius 2 is 1.85 bits per heavy atom. The fraction of sp³-hybridized carbons (Fsp3) is 0.500. The molecule has 150 valence electrons. The molecule has 0 radical (unpaired) electrons. The van der Waals surface area contributed by atoms with Crippen LogP contribution in [0.3, 0.4) is 0 Å². The number of guanidine groups is 1. The summed E-state index contributed by atoms with van der Waals surface area (Å²) >= 11 is 0. The zero-order chi connectivity index (χ0) is 18.9. The molecule has 0 bridgehead atoms. The first-order valence-electron chi connectivity index (χ1n) is 9.29. The quantitative estimate of drug-likeness (QED) is 0.261. The molecule has 7 heteroatoms. The monoisotopic (exact) mass is 484 g/mol. The molecular weight excluding hydrogens is 451 g/mol. The number of rotatable bonds is 8. The summed E-state index contributed by atoms with van der Waals surface area (Å²) in [5.41, 5.74) is 4.69. The third-order valence-corrected chi connectivity index (χ3v) is 4.16. The van der Waals surface area contributed by atoms with Gasteiger partial charge in [0.05, 0.1) is 12.2 Å². The number of hydrogen-bond acceptors (Lipinski definition) is 3. The van der Waals surface area contributed by atoms with E-state index in [1.54, 1.807) is 0 Å². The smallest absolute Gasteiger partial charge is 0.191 e. The summed E-state index contributed by atoms with van der Waals surface area (Å²) < 4.78 is 2.06. The van der Waals surface area contributed by atoms with Gasteiger partial charge in [0.15, 0.2) is 5.96 Å². The lowest BCUT2D eigenvalue weighted by molar-refractivity contribution is 0.555. The number of nitrogens with one attached hydrogen (secondary N) is 2. The van der Waals surface area contributed by atoms with Crippen molar-refractivity contribution in [1.82, 2.24) is 20.4 Å². The Bertz CT molecular complexity index is 706. The van der Waals surface area contributed by atoms with Gasteiger partial charge in [-0.15, -0.1) is 24.0 Å². The van der Waals surface area contributed by atoms with Gasteiger partial charge >= 0.3 is 0 Å². The maximum atomic E-state index is 4.68. The van der Waals surface area contributed by atoms with E-state index < -0.39 is 0 Å². The predicted molar refractivity (Wildman–Crippen MR) is 125 cm³/mol. The van der Waals surface area contributed by atoms with Crippen LogP contribution in [0.15, 0.2) is 35.3 Å². The molecule has 0 aliphatic heterocycles. The highest BCUT2D eigenvalue weighted by Crippen LogP contribution is 2.12. The summed E-state index contributed by atoms with van der Waals surface area (Å²) in [7, 11) is 4.10. The molecule has 2 rings (SSSR count). The van der Waals surface area contributed by atoms with Crippen LogP contribution in [0.25, 0.3) is 0 Å². The van der Waals surface area contributed by atoms with Crippen LogP contribution < -0.4 is 15.5 Å². The second kappa shape index (κ2) is 11.8. The number of aryl methyl sites for hydroxylation is 3.